The van der Waals surface area contributed by atoms with Crippen LogP contribution in [0.1, 0.15) is 11.3 Å². The molecule has 6 heteroatoms. The quantitative estimate of drug-likeness (QED) is 0.916. The van der Waals surface area contributed by atoms with Crippen molar-refractivity contribution in [1.29, 1.82) is 0 Å². The fourth-order valence-corrected chi connectivity index (χ4v) is 1.79. The van der Waals surface area contributed by atoms with Gasteiger partial charge in [-0.15, -0.1) is 5.10 Å². The van der Waals surface area contributed by atoms with E-state index < -0.39 is 0 Å². The van der Waals surface area contributed by atoms with Crippen LogP contribution in [0, 0.1) is 6.92 Å². The number of anilines is 1. The number of hydrogen-bond acceptors (Lipinski definition) is 5. The number of hydrogen-bond donors (Lipinski definition) is 1. The van der Waals surface area contributed by atoms with Crippen LogP contribution in [0.15, 0.2) is 18.2 Å². The van der Waals surface area contributed by atoms with Crippen molar-refractivity contribution in [3.63, 3.8) is 0 Å². The van der Waals surface area contributed by atoms with E-state index in [1.54, 1.807) is 6.07 Å². The summed E-state index contributed by atoms with van der Waals surface area (Å²) in [7, 11) is 0. The molecule has 16 heavy (non-hydrogen) atoms. The predicted molar refractivity (Wildman–Crippen MR) is 64.8 cm³/mol. The number of nitrogens with zero attached hydrogens (tertiary/aromatic N) is 2. The van der Waals surface area contributed by atoms with Crippen molar-refractivity contribution in [3.8, 4) is 5.75 Å². The number of rotatable bonds is 3. The van der Waals surface area contributed by atoms with Gasteiger partial charge in [-0.25, -0.2) is 0 Å². The molecule has 2 rings (SSSR count). The molecule has 84 valence electrons. The smallest absolute Gasteiger partial charge is 0.136 e. The van der Waals surface area contributed by atoms with Gasteiger partial charge in [-0.2, -0.15) is 0 Å². The van der Waals surface area contributed by atoms with E-state index in [0.29, 0.717) is 22.3 Å². The van der Waals surface area contributed by atoms with E-state index in [1.165, 1.54) is 0 Å². The zero-order chi connectivity index (χ0) is 11.5. The Morgan fingerprint density at radius 2 is 2.31 bits per heavy atom. The number of nitrogen functional groups attached to an aromatic ring is 1. The molecule has 0 atom stereocenters. The maximum atomic E-state index is 5.88. The highest BCUT2D eigenvalue weighted by atomic mass is 35.5. The van der Waals surface area contributed by atoms with Crippen molar-refractivity contribution in [3.05, 3.63) is 34.5 Å². The Labute approximate surface area is 102 Å². The minimum Gasteiger partial charge on any atom is -0.487 e. The molecule has 4 nitrogen and oxygen atoms in total. The highest BCUT2D eigenvalue weighted by Crippen LogP contribution is 2.24. The van der Waals surface area contributed by atoms with Crippen LogP contribution in [-0.2, 0) is 6.61 Å². The second kappa shape index (κ2) is 4.67. The number of halogens is 1. The van der Waals surface area contributed by atoms with Gasteiger partial charge in [0, 0.05) is 16.6 Å². The van der Waals surface area contributed by atoms with Crippen LogP contribution in [0.4, 0.5) is 5.00 Å². The first-order valence-corrected chi connectivity index (χ1v) is 5.77. The summed E-state index contributed by atoms with van der Waals surface area (Å²) in [5.74, 6) is 0.736. The van der Waals surface area contributed by atoms with E-state index in [1.807, 2.05) is 19.1 Å². The fourth-order valence-electron chi connectivity index (χ4n) is 1.19. The Balaban J connectivity index is 2.10. The number of aryl methyl sites for hydroxylation is 1. The summed E-state index contributed by atoms with van der Waals surface area (Å²) in [6.45, 7) is 2.26. The lowest BCUT2D eigenvalue weighted by Crippen LogP contribution is -2.00. The number of nitrogens with two attached hydrogens (primary N) is 1. The van der Waals surface area contributed by atoms with Crippen molar-refractivity contribution in [2.45, 2.75) is 13.5 Å². The first-order chi connectivity index (χ1) is 7.66. The molecule has 0 aliphatic heterocycles. The summed E-state index contributed by atoms with van der Waals surface area (Å²) in [5, 5.41) is 5.10. The molecule has 1 aromatic carbocycles. The Morgan fingerprint density at radius 1 is 1.50 bits per heavy atom. The highest BCUT2D eigenvalue weighted by molar-refractivity contribution is 7.09. The maximum Gasteiger partial charge on any atom is 0.136 e. The Bertz CT molecular complexity index is 501. The second-order valence-corrected chi connectivity index (χ2v) is 4.50. The first-order valence-electron chi connectivity index (χ1n) is 4.62. The van der Waals surface area contributed by atoms with Gasteiger partial charge in [-0.1, -0.05) is 22.2 Å². The molecule has 0 radical (unpaired) electrons. The minimum absolute atomic E-state index is 0.309. The molecule has 0 fully saturated rings. The molecule has 0 amide bonds. The molecular formula is C10H10ClN3OS. The normalized spacial score (nSPS) is 10.4. The molecule has 0 saturated heterocycles. The predicted octanol–water partition coefficient (Wildman–Crippen LogP) is 2.66. The topological polar surface area (TPSA) is 61.0 Å². The molecule has 0 saturated carbocycles. The molecule has 2 N–H and O–H groups in total. The van der Waals surface area contributed by atoms with Gasteiger partial charge < -0.3 is 10.5 Å². The molecule has 0 bridgehead atoms. The monoisotopic (exact) mass is 255 g/mol. The summed E-state index contributed by atoms with van der Waals surface area (Å²) in [5.41, 5.74) is 7.34. The average molecular weight is 256 g/mol. The SMILES string of the molecule is Cc1ccc(Cl)cc1OCc1nnsc1N. The van der Waals surface area contributed by atoms with Crippen LogP contribution in [-0.4, -0.2) is 9.59 Å². The first kappa shape index (κ1) is 11.2. The summed E-state index contributed by atoms with van der Waals surface area (Å²) in [6, 6.07) is 5.50. The molecule has 0 spiro atoms. The Hall–Kier alpha value is -1.33. The molecule has 1 aromatic heterocycles. The lowest BCUT2D eigenvalue weighted by atomic mass is 10.2. The van der Waals surface area contributed by atoms with Crippen molar-refractivity contribution in [2.75, 3.05) is 5.73 Å². The molecule has 0 aliphatic rings. The standard InChI is InChI=1S/C10H10ClN3OS/c1-6-2-3-7(11)4-9(6)15-5-8-10(12)16-14-13-8/h2-4H,5,12H2,1H3. The van der Waals surface area contributed by atoms with Gasteiger partial charge >= 0.3 is 0 Å². The molecule has 0 unspecified atom stereocenters. The van der Waals surface area contributed by atoms with E-state index in [2.05, 4.69) is 9.59 Å². The van der Waals surface area contributed by atoms with Crippen molar-refractivity contribution in [1.82, 2.24) is 9.59 Å². The molecular weight excluding hydrogens is 246 g/mol. The third kappa shape index (κ3) is 2.43. The maximum absolute atomic E-state index is 5.88. The third-order valence-electron chi connectivity index (χ3n) is 2.10. The van der Waals surface area contributed by atoms with Gasteiger partial charge in [0.25, 0.3) is 0 Å². The molecule has 0 aliphatic carbocycles. The van der Waals surface area contributed by atoms with Crippen LogP contribution in [0.25, 0.3) is 0 Å². The van der Waals surface area contributed by atoms with Crippen LogP contribution < -0.4 is 10.5 Å². The largest absolute Gasteiger partial charge is 0.487 e. The van der Waals surface area contributed by atoms with Gasteiger partial charge in [-0.3, -0.25) is 0 Å². The molecule has 2 aromatic rings. The second-order valence-electron chi connectivity index (χ2n) is 3.28. The van der Waals surface area contributed by atoms with Crippen LogP contribution >= 0.6 is 23.1 Å². The van der Waals surface area contributed by atoms with Crippen molar-refractivity contribution in [2.24, 2.45) is 0 Å². The fraction of sp³-hybridized carbons (Fsp3) is 0.200. The van der Waals surface area contributed by atoms with E-state index in [9.17, 15) is 0 Å². The van der Waals surface area contributed by atoms with Crippen molar-refractivity contribution < 1.29 is 4.74 Å². The van der Waals surface area contributed by atoms with Crippen LogP contribution in [0.5, 0.6) is 5.75 Å². The van der Waals surface area contributed by atoms with Gasteiger partial charge in [0.05, 0.1) is 0 Å². The van der Waals surface area contributed by atoms with Gasteiger partial charge in [-0.05, 0) is 24.6 Å². The highest BCUT2D eigenvalue weighted by Gasteiger charge is 2.06. The average Bonchev–Trinajstić information content (AvgIpc) is 2.66. The summed E-state index contributed by atoms with van der Waals surface area (Å²) >= 11 is 7.04. The van der Waals surface area contributed by atoms with E-state index >= 15 is 0 Å². The van der Waals surface area contributed by atoms with Crippen LogP contribution in [0.3, 0.4) is 0 Å². The van der Waals surface area contributed by atoms with E-state index in [-0.39, 0.29) is 0 Å². The van der Waals surface area contributed by atoms with Crippen molar-refractivity contribution >= 4 is 28.1 Å². The Morgan fingerprint density at radius 3 is 3.00 bits per heavy atom. The number of aromatic nitrogens is 2. The zero-order valence-electron chi connectivity index (χ0n) is 8.61. The molecule has 1 heterocycles. The minimum atomic E-state index is 0.309. The number of benzene rings is 1. The summed E-state index contributed by atoms with van der Waals surface area (Å²) < 4.78 is 9.32. The van der Waals surface area contributed by atoms with Gasteiger partial charge in [0.2, 0.25) is 0 Å². The summed E-state index contributed by atoms with van der Waals surface area (Å²) in [4.78, 5) is 0. The number of ether oxygens (including phenoxy) is 1. The lowest BCUT2D eigenvalue weighted by molar-refractivity contribution is 0.300. The van der Waals surface area contributed by atoms with E-state index in [0.717, 1.165) is 22.8 Å². The lowest BCUT2D eigenvalue weighted by Gasteiger charge is -2.07. The summed E-state index contributed by atoms with van der Waals surface area (Å²) in [6.07, 6.45) is 0. The third-order valence-corrected chi connectivity index (χ3v) is 2.93. The zero-order valence-corrected chi connectivity index (χ0v) is 10.2. The van der Waals surface area contributed by atoms with Gasteiger partial charge in [0.1, 0.15) is 23.1 Å². The van der Waals surface area contributed by atoms with E-state index in [4.69, 9.17) is 22.1 Å². The van der Waals surface area contributed by atoms with Crippen LogP contribution in [0.2, 0.25) is 5.02 Å². The Kier molecular flexibility index (Phi) is 3.26. The van der Waals surface area contributed by atoms with Gasteiger partial charge in [0.15, 0.2) is 0 Å².